The summed E-state index contributed by atoms with van der Waals surface area (Å²) in [6.07, 6.45) is 2.10. The van der Waals surface area contributed by atoms with Crippen LogP contribution in [0.3, 0.4) is 0 Å². The van der Waals surface area contributed by atoms with Crippen LogP contribution in [0, 0.1) is 11.3 Å². The van der Waals surface area contributed by atoms with Gasteiger partial charge in [-0.15, -0.1) is 0 Å². The number of nitrogens with zero attached hydrogens (tertiary/aromatic N) is 1. The standard InChI is InChI=1S/C12H20N2O3/c1-5-7-8(3)12(6-2)9(15)13-11(17)14(4)10(12)16/h8H,5-7H2,1-4H3,(H,13,15,17)/t8-,12-/m1/s1. The number of hydrogen-bond acceptors (Lipinski definition) is 3. The molecule has 17 heavy (non-hydrogen) atoms. The number of carbonyl (C=O) groups excluding carboxylic acids is 3. The third kappa shape index (κ3) is 1.94. The van der Waals surface area contributed by atoms with Gasteiger partial charge in [-0.3, -0.25) is 19.8 Å². The van der Waals surface area contributed by atoms with E-state index in [0.29, 0.717) is 6.42 Å². The van der Waals surface area contributed by atoms with E-state index in [1.165, 1.54) is 7.05 Å². The molecule has 1 heterocycles. The average Bonchev–Trinajstić information content (AvgIpc) is 2.28. The number of imide groups is 2. The first-order valence-electron chi connectivity index (χ1n) is 6.05. The summed E-state index contributed by atoms with van der Waals surface area (Å²) in [7, 11) is 1.41. The summed E-state index contributed by atoms with van der Waals surface area (Å²) < 4.78 is 0. The zero-order valence-corrected chi connectivity index (χ0v) is 10.9. The predicted molar refractivity (Wildman–Crippen MR) is 63.1 cm³/mol. The number of amides is 4. The van der Waals surface area contributed by atoms with Crippen LogP contribution in [0.25, 0.3) is 0 Å². The molecule has 5 nitrogen and oxygen atoms in total. The lowest BCUT2D eigenvalue weighted by atomic mass is 9.69. The van der Waals surface area contributed by atoms with Crippen molar-refractivity contribution in [3.05, 3.63) is 0 Å². The molecule has 1 N–H and O–H groups in total. The molecular weight excluding hydrogens is 220 g/mol. The third-order valence-electron chi connectivity index (χ3n) is 3.74. The lowest BCUT2D eigenvalue weighted by Crippen LogP contribution is -2.64. The number of barbiturate groups is 1. The van der Waals surface area contributed by atoms with Crippen molar-refractivity contribution in [2.45, 2.75) is 40.0 Å². The Bertz CT molecular complexity index is 354. The van der Waals surface area contributed by atoms with Gasteiger partial charge in [0.05, 0.1) is 0 Å². The first-order valence-corrected chi connectivity index (χ1v) is 6.05. The van der Waals surface area contributed by atoms with Gasteiger partial charge in [0.25, 0.3) is 0 Å². The van der Waals surface area contributed by atoms with E-state index in [4.69, 9.17) is 0 Å². The van der Waals surface area contributed by atoms with Gasteiger partial charge in [-0.1, -0.05) is 27.2 Å². The number of hydrogen-bond donors (Lipinski definition) is 1. The van der Waals surface area contributed by atoms with Gasteiger partial charge in [-0.2, -0.15) is 0 Å². The molecular formula is C12H20N2O3. The maximum absolute atomic E-state index is 12.3. The molecule has 1 fully saturated rings. The molecule has 0 aromatic heterocycles. The molecule has 0 unspecified atom stereocenters. The maximum Gasteiger partial charge on any atom is 0.330 e. The molecule has 96 valence electrons. The Hall–Kier alpha value is -1.39. The van der Waals surface area contributed by atoms with E-state index in [1.807, 2.05) is 20.8 Å². The zero-order valence-electron chi connectivity index (χ0n) is 10.9. The van der Waals surface area contributed by atoms with Gasteiger partial charge in [-0.05, 0) is 18.8 Å². The largest absolute Gasteiger partial charge is 0.330 e. The minimum Gasteiger partial charge on any atom is -0.277 e. The molecule has 4 amide bonds. The second kappa shape index (κ2) is 4.85. The Kier molecular flexibility index (Phi) is 3.91. The van der Waals surface area contributed by atoms with Gasteiger partial charge in [0.15, 0.2) is 0 Å². The van der Waals surface area contributed by atoms with E-state index in [0.717, 1.165) is 17.7 Å². The summed E-state index contributed by atoms with van der Waals surface area (Å²) in [4.78, 5) is 36.7. The molecule has 1 rings (SSSR count). The molecule has 1 aliphatic heterocycles. The topological polar surface area (TPSA) is 66.5 Å². The highest BCUT2D eigenvalue weighted by molar-refractivity contribution is 6.19. The van der Waals surface area contributed by atoms with Crippen molar-refractivity contribution in [2.24, 2.45) is 11.3 Å². The highest BCUT2D eigenvalue weighted by Crippen LogP contribution is 2.38. The van der Waals surface area contributed by atoms with Crippen molar-refractivity contribution >= 4 is 17.8 Å². The van der Waals surface area contributed by atoms with Crippen molar-refractivity contribution in [1.82, 2.24) is 10.2 Å². The normalized spacial score (nSPS) is 27.1. The summed E-state index contributed by atoms with van der Waals surface area (Å²) >= 11 is 0. The predicted octanol–water partition coefficient (Wildman–Crippen LogP) is 1.53. The average molecular weight is 240 g/mol. The fourth-order valence-electron chi connectivity index (χ4n) is 2.56. The minimum atomic E-state index is -1.08. The molecule has 0 aromatic carbocycles. The molecule has 2 atom stereocenters. The lowest BCUT2D eigenvalue weighted by Gasteiger charge is -2.41. The van der Waals surface area contributed by atoms with Crippen LogP contribution < -0.4 is 5.32 Å². The fraction of sp³-hybridized carbons (Fsp3) is 0.750. The van der Waals surface area contributed by atoms with Crippen LogP contribution in [-0.2, 0) is 9.59 Å². The van der Waals surface area contributed by atoms with Gasteiger partial charge in [0.1, 0.15) is 5.41 Å². The molecule has 1 aliphatic rings. The van der Waals surface area contributed by atoms with Gasteiger partial charge in [-0.25, -0.2) is 4.79 Å². The summed E-state index contributed by atoms with van der Waals surface area (Å²) in [5.41, 5.74) is -1.08. The summed E-state index contributed by atoms with van der Waals surface area (Å²) in [6, 6.07) is -0.632. The maximum atomic E-state index is 12.3. The highest BCUT2D eigenvalue weighted by Gasteiger charge is 2.54. The molecule has 0 spiro atoms. The number of nitrogens with one attached hydrogen (secondary N) is 1. The first-order chi connectivity index (χ1) is 7.91. The number of urea groups is 1. The number of rotatable bonds is 4. The quantitative estimate of drug-likeness (QED) is 0.758. The van der Waals surface area contributed by atoms with Crippen molar-refractivity contribution in [3.8, 4) is 0 Å². The van der Waals surface area contributed by atoms with Crippen LogP contribution in [-0.4, -0.2) is 29.8 Å². The Morgan fingerprint density at radius 1 is 1.29 bits per heavy atom. The monoisotopic (exact) mass is 240 g/mol. The Morgan fingerprint density at radius 3 is 2.35 bits per heavy atom. The fourth-order valence-corrected chi connectivity index (χ4v) is 2.56. The van der Waals surface area contributed by atoms with Gasteiger partial charge in [0, 0.05) is 7.05 Å². The van der Waals surface area contributed by atoms with Crippen LogP contribution in [0.2, 0.25) is 0 Å². The van der Waals surface area contributed by atoms with Crippen LogP contribution in [0.15, 0.2) is 0 Å². The van der Waals surface area contributed by atoms with E-state index in [-0.39, 0.29) is 11.8 Å². The second-order valence-electron chi connectivity index (χ2n) is 4.64. The smallest absolute Gasteiger partial charge is 0.277 e. The van der Waals surface area contributed by atoms with Gasteiger partial charge in [0.2, 0.25) is 11.8 Å². The molecule has 0 aliphatic carbocycles. The highest BCUT2D eigenvalue weighted by atomic mass is 16.2. The van der Waals surface area contributed by atoms with Crippen LogP contribution in [0.4, 0.5) is 4.79 Å². The summed E-state index contributed by atoms with van der Waals surface area (Å²) in [5, 5.41) is 2.27. The molecule has 1 saturated heterocycles. The first kappa shape index (κ1) is 13.7. The SMILES string of the molecule is CCC[C@@H](C)[C@]1(CC)C(=O)NC(=O)N(C)C1=O. The van der Waals surface area contributed by atoms with Crippen LogP contribution >= 0.6 is 0 Å². The van der Waals surface area contributed by atoms with E-state index in [1.54, 1.807) is 0 Å². The zero-order chi connectivity index (χ0) is 13.2. The van der Waals surface area contributed by atoms with Gasteiger partial charge >= 0.3 is 6.03 Å². The van der Waals surface area contributed by atoms with Crippen LogP contribution in [0.5, 0.6) is 0 Å². The summed E-state index contributed by atoms with van der Waals surface area (Å²) in [6.45, 7) is 5.72. The Labute approximate surface area is 102 Å². The van der Waals surface area contributed by atoms with E-state index >= 15 is 0 Å². The van der Waals surface area contributed by atoms with E-state index in [2.05, 4.69) is 5.32 Å². The number of carbonyl (C=O) groups is 3. The van der Waals surface area contributed by atoms with Crippen molar-refractivity contribution in [1.29, 1.82) is 0 Å². The van der Waals surface area contributed by atoms with Gasteiger partial charge < -0.3 is 0 Å². The van der Waals surface area contributed by atoms with Crippen molar-refractivity contribution in [3.63, 3.8) is 0 Å². The van der Waals surface area contributed by atoms with Crippen molar-refractivity contribution < 1.29 is 14.4 Å². The van der Waals surface area contributed by atoms with E-state index < -0.39 is 17.4 Å². The summed E-state index contributed by atoms with van der Waals surface area (Å²) in [5.74, 6) is -0.899. The molecule has 0 radical (unpaired) electrons. The Morgan fingerprint density at radius 2 is 1.88 bits per heavy atom. The minimum absolute atomic E-state index is 0.0689. The molecule has 5 heteroatoms. The van der Waals surface area contributed by atoms with Crippen LogP contribution in [0.1, 0.15) is 40.0 Å². The lowest BCUT2D eigenvalue weighted by molar-refractivity contribution is -0.155. The second-order valence-corrected chi connectivity index (χ2v) is 4.64. The Balaban J connectivity index is 3.15. The molecule has 0 aromatic rings. The molecule has 0 bridgehead atoms. The van der Waals surface area contributed by atoms with E-state index in [9.17, 15) is 14.4 Å². The third-order valence-corrected chi connectivity index (χ3v) is 3.74. The molecule has 0 saturated carbocycles. The van der Waals surface area contributed by atoms with Crippen molar-refractivity contribution in [2.75, 3.05) is 7.05 Å².